The summed E-state index contributed by atoms with van der Waals surface area (Å²) in [7, 11) is 0. The van der Waals surface area contributed by atoms with Gasteiger partial charge in [-0.15, -0.1) is 11.6 Å². The standard InChI is InChI=1S/C10H17ClN2O2/c1-7(2)10(15)13-4-3-8(6-13)12-9(14)5-11/h7-8H,3-6H2,1-2H3,(H,12,14). The molecular formula is C10H17ClN2O2. The molecule has 1 atom stereocenters. The van der Waals surface area contributed by atoms with Gasteiger partial charge in [0, 0.05) is 25.0 Å². The van der Waals surface area contributed by atoms with Crippen molar-refractivity contribution in [1.29, 1.82) is 0 Å². The van der Waals surface area contributed by atoms with E-state index in [4.69, 9.17) is 11.6 Å². The first-order chi connectivity index (χ1) is 7.04. The number of likely N-dealkylation sites (tertiary alicyclic amines) is 1. The summed E-state index contributed by atoms with van der Waals surface area (Å²) in [5.74, 6) is -0.0140. The summed E-state index contributed by atoms with van der Waals surface area (Å²) >= 11 is 5.39. The molecule has 1 fully saturated rings. The van der Waals surface area contributed by atoms with Crippen LogP contribution in [0.1, 0.15) is 20.3 Å². The smallest absolute Gasteiger partial charge is 0.235 e. The Kier molecular flexibility index (Phi) is 4.39. The van der Waals surface area contributed by atoms with Gasteiger partial charge < -0.3 is 10.2 Å². The minimum Gasteiger partial charge on any atom is -0.350 e. The average molecular weight is 233 g/mol. The molecule has 0 aromatic heterocycles. The van der Waals surface area contributed by atoms with Crippen molar-refractivity contribution < 1.29 is 9.59 Å². The molecule has 1 aliphatic rings. The second-order valence-corrected chi connectivity index (χ2v) is 4.39. The van der Waals surface area contributed by atoms with Crippen molar-refractivity contribution in [3.8, 4) is 0 Å². The van der Waals surface area contributed by atoms with E-state index in [9.17, 15) is 9.59 Å². The summed E-state index contributed by atoms with van der Waals surface area (Å²) in [4.78, 5) is 24.5. The van der Waals surface area contributed by atoms with E-state index in [2.05, 4.69) is 5.32 Å². The third kappa shape index (κ3) is 3.38. The fourth-order valence-electron chi connectivity index (χ4n) is 1.71. The average Bonchev–Trinajstić information content (AvgIpc) is 2.64. The molecule has 0 radical (unpaired) electrons. The molecule has 0 spiro atoms. The lowest BCUT2D eigenvalue weighted by atomic mass is 10.2. The highest BCUT2D eigenvalue weighted by Gasteiger charge is 2.27. The Bertz CT molecular complexity index is 256. The molecule has 1 aliphatic heterocycles. The third-order valence-corrected chi connectivity index (χ3v) is 2.72. The van der Waals surface area contributed by atoms with Gasteiger partial charge in [0.1, 0.15) is 5.88 Å². The first-order valence-electron chi connectivity index (χ1n) is 5.18. The van der Waals surface area contributed by atoms with Crippen LogP contribution in [0.2, 0.25) is 0 Å². The Morgan fingerprint density at radius 1 is 1.53 bits per heavy atom. The maximum atomic E-state index is 11.6. The van der Waals surface area contributed by atoms with Crippen LogP contribution in [0, 0.1) is 5.92 Å². The third-order valence-electron chi connectivity index (χ3n) is 2.48. The molecule has 0 bridgehead atoms. The van der Waals surface area contributed by atoms with E-state index < -0.39 is 0 Å². The van der Waals surface area contributed by atoms with Gasteiger partial charge in [-0.05, 0) is 6.42 Å². The quantitative estimate of drug-likeness (QED) is 0.725. The van der Waals surface area contributed by atoms with Gasteiger partial charge in [-0.2, -0.15) is 0 Å². The zero-order chi connectivity index (χ0) is 11.4. The van der Waals surface area contributed by atoms with Crippen LogP contribution in [0.25, 0.3) is 0 Å². The molecule has 0 aliphatic carbocycles. The number of amides is 2. The van der Waals surface area contributed by atoms with E-state index in [1.165, 1.54) is 0 Å². The van der Waals surface area contributed by atoms with Gasteiger partial charge in [0.15, 0.2) is 0 Å². The molecule has 15 heavy (non-hydrogen) atoms. The maximum Gasteiger partial charge on any atom is 0.235 e. The Hall–Kier alpha value is -0.770. The highest BCUT2D eigenvalue weighted by Crippen LogP contribution is 2.12. The van der Waals surface area contributed by atoms with Gasteiger partial charge in [0.05, 0.1) is 0 Å². The lowest BCUT2D eigenvalue weighted by Gasteiger charge is -2.18. The molecule has 1 rings (SSSR count). The monoisotopic (exact) mass is 232 g/mol. The normalized spacial score (nSPS) is 20.8. The highest BCUT2D eigenvalue weighted by molar-refractivity contribution is 6.27. The maximum absolute atomic E-state index is 11.6. The summed E-state index contributed by atoms with van der Waals surface area (Å²) in [6.45, 7) is 5.10. The van der Waals surface area contributed by atoms with Crippen LogP contribution in [0.4, 0.5) is 0 Å². The van der Waals surface area contributed by atoms with Crippen molar-refractivity contribution in [2.45, 2.75) is 26.3 Å². The Morgan fingerprint density at radius 2 is 2.20 bits per heavy atom. The lowest BCUT2D eigenvalue weighted by Crippen LogP contribution is -2.39. The van der Waals surface area contributed by atoms with E-state index in [0.29, 0.717) is 6.54 Å². The highest BCUT2D eigenvalue weighted by atomic mass is 35.5. The molecule has 5 heteroatoms. The molecular weight excluding hydrogens is 216 g/mol. The van der Waals surface area contributed by atoms with E-state index in [1.807, 2.05) is 13.8 Å². The fraction of sp³-hybridized carbons (Fsp3) is 0.800. The number of hydrogen-bond donors (Lipinski definition) is 1. The van der Waals surface area contributed by atoms with Crippen molar-refractivity contribution in [1.82, 2.24) is 10.2 Å². The molecule has 4 nitrogen and oxygen atoms in total. The minimum absolute atomic E-state index is 0.0192. The molecule has 1 heterocycles. The van der Waals surface area contributed by atoms with Crippen molar-refractivity contribution in [3.63, 3.8) is 0 Å². The Balaban J connectivity index is 2.39. The van der Waals surface area contributed by atoms with E-state index in [-0.39, 0.29) is 29.7 Å². The molecule has 1 unspecified atom stereocenters. The number of carbonyl (C=O) groups is 2. The minimum atomic E-state index is -0.166. The predicted molar refractivity (Wildman–Crippen MR) is 58.7 cm³/mol. The summed E-state index contributed by atoms with van der Waals surface area (Å²) < 4.78 is 0. The molecule has 0 aromatic rings. The Morgan fingerprint density at radius 3 is 2.73 bits per heavy atom. The number of nitrogens with one attached hydrogen (secondary N) is 1. The molecule has 1 saturated heterocycles. The van der Waals surface area contributed by atoms with Crippen LogP contribution < -0.4 is 5.32 Å². The first-order valence-corrected chi connectivity index (χ1v) is 5.72. The van der Waals surface area contributed by atoms with Gasteiger partial charge >= 0.3 is 0 Å². The Labute approximate surface area is 95.0 Å². The molecule has 86 valence electrons. The van der Waals surface area contributed by atoms with Gasteiger partial charge in [-0.25, -0.2) is 0 Å². The number of nitrogens with zero attached hydrogens (tertiary/aromatic N) is 1. The summed E-state index contributed by atoms with van der Waals surface area (Å²) in [6.07, 6.45) is 0.821. The fourth-order valence-corrected chi connectivity index (χ4v) is 1.79. The van der Waals surface area contributed by atoms with Gasteiger partial charge in [-0.1, -0.05) is 13.8 Å². The number of carbonyl (C=O) groups excluding carboxylic acids is 2. The van der Waals surface area contributed by atoms with Crippen LogP contribution in [0.3, 0.4) is 0 Å². The van der Waals surface area contributed by atoms with Crippen molar-refractivity contribution >= 4 is 23.4 Å². The van der Waals surface area contributed by atoms with Crippen LogP contribution in [0.15, 0.2) is 0 Å². The number of rotatable bonds is 3. The topological polar surface area (TPSA) is 49.4 Å². The SMILES string of the molecule is CC(C)C(=O)N1CCC(NC(=O)CCl)C1. The summed E-state index contributed by atoms with van der Waals surface area (Å²) in [5.41, 5.74) is 0. The number of alkyl halides is 1. The summed E-state index contributed by atoms with van der Waals surface area (Å²) in [6, 6.07) is 0.0685. The van der Waals surface area contributed by atoms with Crippen LogP contribution in [0.5, 0.6) is 0 Å². The van der Waals surface area contributed by atoms with Crippen LogP contribution in [-0.4, -0.2) is 41.7 Å². The largest absolute Gasteiger partial charge is 0.350 e. The van der Waals surface area contributed by atoms with E-state index in [0.717, 1.165) is 13.0 Å². The van der Waals surface area contributed by atoms with Gasteiger partial charge in [-0.3, -0.25) is 9.59 Å². The zero-order valence-electron chi connectivity index (χ0n) is 9.12. The molecule has 1 N–H and O–H groups in total. The molecule has 0 aromatic carbocycles. The first kappa shape index (κ1) is 12.3. The zero-order valence-corrected chi connectivity index (χ0v) is 9.88. The number of halogens is 1. The molecule has 0 saturated carbocycles. The van der Waals surface area contributed by atoms with Crippen molar-refractivity contribution in [3.05, 3.63) is 0 Å². The number of hydrogen-bond acceptors (Lipinski definition) is 2. The summed E-state index contributed by atoms with van der Waals surface area (Å²) in [5, 5.41) is 2.79. The second kappa shape index (κ2) is 5.35. The van der Waals surface area contributed by atoms with E-state index in [1.54, 1.807) is 4.90 Å². The second-order valence-electron chi connectivity index (χ2n) is 4.13. The van der Waals surface area contributed by atoms with Gasteiger partial charge in [0.2, 0.25) is 11.8 Å². The molecule has 2 amide bonds. The van der Waals surface area contributed by atoms with Crippen LogP contribution >= 0.6 is 11.6 Å². The predicted octanol–water partition coefficient (Wildman–Crippen LogP) is 0.598. The van der Waals surface area contributed by atoms with Crippen LogP contribution in [-0.2, 0) is 9.59 Å². The van der Waals surface area contributed by atoms with Crippen molar-refractivity contribution in [2.75, 3.05) is 19.0 Å². The van der Waals surface area contributed by atoms with Crippen molar-refractivity contribution in [2.24, 2.45) is 5.92 Å². The lowest BCUT2D eigenvalue weighted by molar-refractivity contribution is -0.133. The van der Waals surface area contributed by atoms with Gasteiger partial charge in [0.25, 0.3) is 0 Å². The van der Waals surface area contributed by atoms with E-state index >= 15 is 0 Å².